The van der Waals surface area contributed by atoms with Crippen LogP contribution in [-0.4, -0.2) is 23.7 Å². The quantitative estimate of drug-likeness (QED) is 0.539. The first-order valence-corrected chi connectivity index (χ1v) is 5.67. The molecule has 0 aromatic rings. The molecule has 5 nitrogen and oxygen atoms in total. The van der Waals surface area contributed by atoms with Gasteiger partial charge in [0.1, 0.15) is 5.60 Å². The minimum absolute atomic E-state index is 0.0623. The minimum Gasteiger partial charge on any atom is -0.460 e. The highest BCUT2D eigenvalue weighted by molar-refractivity contribution is 5.73. The van der Waals surface area contributed by atoms with E-state index in [0.717, 1.165) is 6.42 Å². The van der Waals surface area contributed by atoms with Gasteiger partial charge in [-0.3, -0.25) is 4.79 Å². The summed E-state index contributed by atoms with van der Waals surface area (Å²) in [5.41, 5.74) is 5.33. The molecule has 3 unspecified atom stereocenters. The first kappa shape index (κ1) is 13.4. The van der Waals surface area contributed by atoms with Crippen molar-refractivity contribution in [3.63, 3.8) is 0 Å². The minimum atomic E-state index is -0.476. The maximum absolute atomic E-state index is 11.9. The maximum atomic E-state index is 11.9. The van der Waals surface area contributed by atoms with E-state index in [1.54, 1.807) is 0 Å². The van der Waals surface area contributed by atoms with Gasteiger partial charge < -0.3 is 15.3 Å². The fraction of sp³-hybridized carbons (Fsp3) is 0.909. The Hall–Kier alpha value is -0.650. The molecule has 0 aliphatic heterocycles. The third-order valence-corrected chi connectivity index (χ3v) is 2.72. The van der Waals surface area contributed by atoms with Crippen molar-refractivity contribution in [3.8, 4) is 0 Å². The van der Waals surface area contributed by atoms with E-state index in [1.807, 2.05) is 20.8 Å². The van der Waals surface area contributed by atoms with E-state index in [0.29, 0.717) is 12.8 Å². The third-order valence-electron chi connectivity index (χ3n) is 2.72. The van der Waals surface area contributed by atoms with Crippen LogP contribution in [0, 0.1) is 5.92 Å². The van der Waals surface area contributed by atoms with Crippen molar-refractivity contribution < 1.29 is 14.4 Å². The summed E-state index contributed by atoms with van der Waals surface area (Å²) in [5.74, 6) is 4.67. The number of carbonyl (C=O) groups is 1. The van der Waals surface area contributed by atoms with Crippen LogP contribution >= 0.6 is 0 Å². The number of hydrogen-bond donors (Lipinski definition) is 2. The highest BCUT2D eigenvalue weighted by Gasteiger charge is 2.37. The molecule has 1 fully saturated rings. The summed E-state index contributed by atoms with van der Waals surface area (Å²) >= 11 is 0. The Morgan fingerprint density at radius 2 is 1.94 bits per heavy atom. The van der Waals surface area contributed by atoms with Crippen molar-refractivity contribution in [1.29, 1.82) is 0 Å². The number of carbonyl (C=O) groups excluding carboxylic acids is 1. The van der Waals surface area contributed by atoms with E-state index >= 15 is 0 Å². The molecule has 16 heavy (non-hydrogen) atoms. The molecule has 1 aliphatic carbocycles. The SMILES string of the molecule is CC(C)(C)OC(=O)C1CCC(N)CC1ON. The van der Waals surface area contributed by atoms with Gasteiger partial charge in [0.25, 0.3) is 0 Å². The smallest absolute Gasteiger partial charge is 0.312 e. The van der Waals surface area contributed by atoms with E-state index in [2.05, 4.69) is 0 Å². The van der Waals surface area contributed by atoms with Crippen molar-refractivity contribution in [3.05, 3.63) is 0 Å². The van der Waals surface area contributed by atoms with Crippen LogP contribution in [0.25, 0.3) is 0 Å². The summed E-state index contributed by atoms with van der Waals surface area (Å²) < 4.78 is 5.33. The molecular formula is C11H22N2O3. The second-order valence-electron chi connectivity index (χ2n) is 5.39. The fourth-order valence-corrected chi connectivity index (χ4v) is 1.96. The number of hydrogen-bond acceptors (Lipinski definition) is 5. The van der Waals surface area contributed by atoms with Gasteiger partial charge >= 0.3 is 5.97 Å². The molecule has 4 N–H and O–H groups in total. The van der Waals surface area contributed by atoms with Crippen LogP contribution in [0.1, 0.15) is 40.0 Å². The molecule has 1 rings (SSSR count). The van der Waals surface area contributed by atoms with E-state index in [1.165, 1.54) is 0 Å². The van der Waals surface area contributed by atoms with E-state index in [4.69, 9.17) is 21.2 Å². The second kappa shape index (κ2) is 5.12. The van der Waals surface area contributed by atoms with Gasteiger partial charge in [0, 0.05) is 6.04 Å². The maximum Gasteiger partial charge on any atom is 0.312 e. The first-order valence-electron chi connectivity index (χ1n) is 5.67. The molecule has 0 aromatic heterocycles. The molecule has 5 heteroatoms. The molecule has 1 aliphatic rings. The highest BCUT2D eigenvalue weighted by atomic mass is 16.6. The molecule has 3 atom stereocenters. The fourth-order valence-electron chi connectivity index (χ4n) is 1.96. The topological polar surface area (TPSA) is 87.6 Å². The summed E-state index contributed by atoms with van der Waals surface area (Å²) in [4.78, 5) is 16.7. The van der Waals surface area contributed by atoms with Gasteiger partial charge in [-0.05, 0) is 40.0 Å². The number of esters is 1. The lowest BCUT2D eigenvalue weighted by Gasteiger charge is -2.33. The van der Waals surface area contributed by atoms with Gasteiger partial charge in [-0.2, -0.15) is 0 Å². The Labute approximate surface area is 96.4 Å². The Morgan fingerprint density at radius 1 is 1.31 bits per heavy atom. The summed E-state index contributed by atoms with van der Waals surface area (Å²) in [6, 6.07) is 0.0623. The largest absolute Gasteiger partial charge is 0.460 e. The van der Waals surface area contributed by atoms with E-state index in [-0.39, 0.29) is 24.0 Å². The van der Waals surface area contributed by atoms with E-state index < -0.39 is 5.60 Å². The summed E-state index contributed by atoms with van der Waals surface area (Å²) in [7, 11) is 0. The predicted octanol–water partition coefficient (Wildman–Crippen LogP) is 0.714. The van der Waals surface area contributed by atoms with Crippen LogP contribution in [0.4, 0.5) is 0 Å². The Balaban J connectivity index is 2.60. The van der Waals surface area contributed by atoms with Crippen LogP contribution in [-0.2, 0) is 14.4 Å². The van der Waals surface area contributed by atoms with Crippen LogP contribution in [0.2, 0.25) is 0 Å². The van der Waals surface area contributed by atoms with Crippen LogP contribution in [0.3, 0.4) is 0 Å². The average molecular weight is 230 g/mol. The molecule has 0 amide bonds. The zero-order valence-electron chi connectivity index (χ0n) is 10.2. The van der Waals surface area contributed by atoms with Gasteiger partial charge in [-0.15, -0.1) is 0 Å². The Morgan fingerprint density at radius 3 is 2.44 bits per heavy atom. The van der Waals surface area contributed by atoms with Gasteiger partial charge in [0.2, 0.25) is 0 Å². The van der Waals surface area contributed by atoms with Gasteiger partial charge in [-0.1, -0.05) is 0 Å². The van der Waals surface area contributed by atoms with E-state index in [9.17, 15) is 4.79 Å². The molecular weight excluding hydrogens is 208 g/mol. The summed E-state index contributed by atoms with van der Waals surface area (Å²) in [6.07, 6.45) is 1.78. The molecule has 94 valence electrons. The zero-order valence-corrected chi connectivity index (χ0v) is 10.2. The van der Waals surface area contributed by atoms with Crippen molar-refractivity contribution in [2.45, 2.75) is 57.8 Å². The Kier molecular flexibility index (Phi) is 4.29. The van der Waals surface area contributed by atoms with Crippen LogP contribution < -0.4 is 11.6 Å². The predicted molar refractivity (Wildman–Crippen MR) is 60.2 cm³/mol. The van der Waals surface area contributed by atoms with Crippen molar-refractivity contribution in [2.24, 2.45) is 17.5 Å². The number of rotatable bonds is 2. The summed E-state index contributed by atoms with van der Waals surface area (Å²) in [6.45, 7) is 5.54. The standard InChI is InChI=1S/C11H22N2O3/c1-11(2,3)15-10(14)8-5-4-7(12)6-9(8)16-13/h7-9H,4-6,12-13H2,1-3H3. The second-order valence-corrected chi connectivity index (χ2v) is 5.39. The normalized spacial score (nSPS) is 31.2. The molecule has 0 radical (unpaired) electrons. The third kappa shape index (κ3) is 3.73. The van der Waals surface area contributed by atoms with Crippen molar-refractivity contribution in [1.82, 2.24) is 0 Å². The number of ether oxygens (including phenoxy) is 1. The molecule has 0 spiro atoms. The van der Waals surface area contributed by atoms with Crippen molar-refractivity contribution >= 4 is 5.97 Å². The molecule has 0 saturated heterocycles. The molecule has 0 bridgehead atoms. The lowest BCUT2D eigenvalue weighted by atomic mass is 9.84. The lowest BCUT2D eigenvalue weighted by molar-refractivity contribution is -0.168. The van der Waals surface area contributed by atoms with Gasteiger partial charge in [0.05, 0.1) is 12.0 Å². The molecule has 0 aromatic carbocycles. The van der Waals surface area contributed by atoms with Gasteiger partial charge in [-0.25, -0.2) is 5.90 Å². The average Bonchev–Trinajstić information content (AvgIpc) is 2.14. The Bertz CT molecular complexity index is 250. The van der Waals surface area contributed by atoms with Gasteiger partial charge in [0.15, 0.2) is 0 Å². The first-order chi connectivity index (χ1) is 7.33. The van der Waals surface area contributed by atoms with Crippen LogP contribution in [0.15, 0.2) is 0 Å². The van der Waals surface area contributed by atoms with Crippen LogP contribution in [0.5, 0.6) is 0 Å². The number of nitrogens with two attached hydrogens (primary N) is 2. The lowest BCUT2D eigenvalue weighted by Crippen LogP contribution is -2.44. The summed E-state index contributed by atoms with van der Waals surface area (Å²) in [5, 5.41) is 0. The molecule has 0 heterocycles. The highest BCUT2D eigenvalue weighted by Crippen LogP contribution is 2.28. The molecule has 1 saturated carbocycles. The monoisotopic (exact) mass is 230 g/mol. The van der Waals surface area contributed by atoms with Crippen molar-refractivity contribution in [2.75, 3.05) is 0 Å². The zero-order chi connectivity index (χ0) is 12.3.